The van der Waals surface area contributed by atoms with Crippen LogP contribution in [0.15, 0.2) is 60.7 Å². The highest BCUT2D eigenvalue weighted by Gasteiger charge is 2.27. The summed E-state index contributed by atoms with van der Waals surface area (Å²) in [5.41, 5.74) is 2.93. The van der Waals surface area contributed by atoms with Crippen LogP contribution in [-0.2, 0) is 11.2 Å². The van der Waals surface area contributed by atoms with Crippen molar-refractivity contribution in [1.29, 1.82) is 0 Å². The van der Waals surface area contributed by atoms with E-state index in [0.717, 1.165) is 53.0 Å². The third-order valence-corrected chi connectivity index (χ3v) is 8.66. The van der Waals surface area contributed by atoms with Crippen molar-refractivity contribution in [3.05, 3.63) is 71.1 Å². The maximum Gasteiger partial charge on any atom is 0.253 e. The number of piperazine rings is 1. The summed E-state index contributed by atoms with van der Waals surface area (Å²) < 4.78 is 0. The molecule has 200 valence electrons. The van der Waals surface area contributed by atoms with Gasteiger partial charge in [-0.2, -0.15) is 4.98 Å². The lowest BCUT2D eigenvalue weighted by Crippen LogP contribution is -2.49. The van der Waals surface area contributed by atoms with Crippen molar-refractivity contribution in [1.82, 2.24) is 20.2 Å². The van der Waals surface area contributed by atoms with Crippen LogP contribution in [0.3, 0.4) is 0 Å². The zero-order valence-electron chi connectivity index (χ0n) is 22.0. The fraction of sp³-hybridized carbons (Fsp3) is 0.333. The molecule has 8 nitrogen and oxygen atoms in total. The van der Waals surface area contributed by atoms with Gasteiger partial charge >= 0.3 is 0 Å². The number of hydrogen-bond donors (Lipinski definition) is 2. The molecule has 2 fully saturated rings. The van der Waals surface area contributed by atoms with Gasteiger partial charge in [0.15, 0.2) is 0 Å². The number of carbonyl (C=O) groups excluding carboxylic acids is 2. The van der Waals surface area contributed by atoms with Crippen molar-refractivity contribution in [2.24, 2.45) is 0 Å². The molecule has 0 radical (unpaired) electrons. The Kier molecular flexibility index (Phi) is 7.26. The molecule has 2 aromatic carbocycles. The minimum Gasteiger partial charge on any atom is -0.352 e. The summed E-state index contributed by atoms with van der Waals surface area (Å²) >= 11 is 1.64. The second kappa shape index (κ2) is 11.1. The molecule has 2 aliphatic heterocycles. The summed E-state index contributed by atoms with van der Waals surface area (Å²) in [5, 5.41) is 7.18. The largest absolute Gasteiger partial charge is 0.352 e. The molecule has 0 spiro atoms. The summed E-state index contributed by atoms with van der Waals surface area (Å²) in [6.07, 6.45) is 2.73. The Balaban J connectivity index is 1.17. The van der Waals surface area contributed by atoms with E-state index in [2.05, 4.69) is 45.6 Å². The fourth-order valence-corrected chi connectivity index (χ4v) is 6.23. The van der Waals surface area contributed by atoms with Crippen LogP contribution in [0.1, 0.15) is 35.0 Å². The van der Waals surface area contributed by atoms with Crippen LogP contribution in [0.4, 0.5) is 11.8 Å². The molecule has 1 atom stereocenters. The average Bonchev–Trinajstić information content (AvgIpc) is 3.68. The molecule has 2 aliphatic rings. The van der Waals surface area contributed by atoms with Crippen molar-refractivity contribution in [2.45, 2.75) is 32.2 Å². The third kappa shape index (κ3) is 5.37. The van der Waals surface area contributed by atoms with E-state index in [1.54, 1.807) is 11.3 Å². The minimum atomic E-state index is -0.196. The van der Waals surface area contributed by atoms with Gasteiger partial charge in [0, 0.05) is 36.6 Å². The molecule has 6 rings (SSSR count). The lowest BCUT2D eigenvalue weighted by Gasteiger charge is -2.35. The van der Waals surface area contributed by atoms with Crippen LogP contribution < -0.4 is 15.5 Å². The molecule has 0 bridgehead atoms. The summed E-state index contributed by atoms with van der Waals surface area (Å²) in [5.74, 6) is 1.13. The van der Waals surface area contributed by atoms with Gasteiger partial charge < -0.3 is 15.1 Å². The quantitative estimate of drug-likeness (QED) is 0.372. The Morgan fingerprint density at radius 3 is 2.44 bits per heavy atom. The third-order valence-electron chi connectivity index (χ3n) is 7.49. The molecule has 2 N–H and O–H groups in total. The van der Waals surface area contributed by atoms with Crippen molar-refractivity contribution < 1.29 is 9.59 Å². The Labute approximate surface area is 232 Å². The number of rotatable bonds is 6. The number of hydrogen-bond acceptors (Lipinski definition) is 7. The highest BCUT2D eigenvalue weighted by molar-refractivity contribution is 7.18. The predicted octanol–water partition coefficient (Wildman–Crippen LogP) is 4.57. The second-order valence-corrected chi connectivity index (χ2v) is 11.1. The first-order chi connectivity index (χ1) is 19.1. The molecule has 4 heterocycles. The van der Waals surface area contributed by atoms with E-state index in [1.807, 2.05) is 47.4 Å². The predicted molar refractivity (Wildman–Crippen MR) is 156 cm³/mol. The van der Waals surface area contributed by atoms with Crippen molar-refractivity contribution in [3.8, 4) is 11.1 Å². The first kappa shape index (κ1) is 25.5. The maximum atomic E-state index is 13.3. The number of amides is 2. The highest BCUT2D eigenvalue weighted by Crippen LogP contribution is 2.33. The van der Waals surface area contributed by atoms with E-state index in [0.29, 0.717) is 37.7 Å². The molecule has 4 aromatic rings. The lowest BCUT2D eigenvalue weighted by atomic mass is 10.0. The van der Waals surface area contributed by atoms with Gasteiger partial charge in [0.2, 0.25) is 11.9 Å². The smallest absolute Gasteiger partial charge is 0.253 e. The van der Waals surface area contributed by atoms with E-state index in [-0.39, 0.29) is 17.9 Å². The Morgan fingerprint density at radius 1 is 1.00 bits per heavy atom. The van der Waals surface area contributed by atoms with Crippen LogP contribution in [0.2, 0.25) is 0 Å². The monoisotopic (exact) mass is 540 g/mol. The molecule has 0 aliphatic carbocycles. The normalized spacial score (nSPS) is 17.5. The maximum absolute atomic E-state index is 13.3. The van der Waals surface area contributed by atoms with Gasteiger partial charge in [-0.1, -0.05) is 49.4 Å². The molecule has 0 saturated carbocycles. The number of benzene rings is 2. The summed E-state index contributed by atoms with van der Waals surface area (Å²) in [6, 6.07) is 20.0. The first-order valence-electron chi connectivity index (χ1n) is 13.6. The van der Waals surface area contributed by atoms with Gasteiger partial charge in [0.1, 0.15) is 10.6 Å². The Hall–Kier alpha value is -3.82. The zero-order valence-corrected chi connectivity index (χ0v) is 22.8. The van der Waals surface area contributed by atoms with Crippen LogP contribution in [-0.4, -0.2) is 65.4 Å². The van der Waals surface area contributed by atoms with Crippen molar-refractivity contribution in [3.63, 3.8) is 0 Å². The van der Waals surface area contributed by atoms with Gasteiger partial charge in [-0.05, 0) is 55.1 Å². The van der Waals surface area contributed by atoms with Crippen LogP contribution in [0.25, 0.3) is 21.3 Å². The number of nitrogens with one attached hydrogen (secondary N) is 2. The number of thiophene rings is 1. The second-order valence-electron chi connectivity index (χ2n) is 10.0. The first-order valence-corrected chi connectivity index (χ1v) is 14.4. The van der Waals surface area contributed by atoms with Gasteiger partial charge in [0.25, 0.3) is 5.91 Å². The molecule has 0 unspecified atom stereocenters. The van der Waals surface area contributed by atoms with Gasteiger partial charge in [-0.25, -0.2) is 4.98 Å². The topological polar surface area (TPSA) is 90.5 Å². The number of nitrogens with zero attached hydrogens (tertiary/aromatic N) is 4. The van der Waals surface area contributed by atoms with Crippen molar-refractivity contribution in [2.75, 3.05) is 42.9 Å². The summed E-state index contributed by atoms with van der Waals surface area (Å²) in [4.78, 5) is 41.7. The SMILES string of the molecule is CCc1cc2c(N3CCN(C(=O)c4ccc(-c5ccccc5)cc4)CC3)nc(NC(=O)[C@@H]3CCCN3)nc2s1. The van der Waals surface area contributed by atoms with E-state index in [9.17, 15) is 9.59 Å². The Morgan fingerprint density at radius 2 is 1.74 bits per heavy atom. The standard InChI is InChI=1S/C30H32N6O2S/c1-2-23-19-24-26(32-30(34-28(24)39-23)33-27(37)25-9-6-14-31-25)35-15-17-36(18-16-35)29(38)22-12-10-21(11-13-22)20-7-4-3-5-8-20/h3-5,7-8,10-13,19,25,31H,2,6,9,14-18H2,1H3,(H,32,33,34,37)/t25-/m0/s1. The summed E-state index contributed by atoms with van der Waals surface area (Å²) in [7, 11) is 0. The molecule has 39 heavy (non-hydrogen) atoms. The van der Waals surface area contributed by atoms with E-state index in [1.165, 1.54) is 4.88 Å². The number of aryl methyl sites for hydroxylation is 1. The molecular formula is C30H32N6O2S. The van der Waals surface area contributed by atoms with Crippen LogP contribution in [0, 0.1) is 0 Å². The van der Waals surface area contributed by atoms with Gasteiger partial charge in [-0.15, -0.1) is 11.3 Å². The summed E-state index contributed by atoms with van der Waals surface area (Å²) in [6.45, 7) is 5.51. The molecule has 2 amide bonds. The number of anilines is 2. The number of fused-ring (bicyclic) bond motifs is 1. The lowest BCUT2D eigenvalue weighted by molar-refractivity contribution is -0.117. The van der Waals surface area contributed by atoms with Gasteiger partial charge in [0.05, 0.1) is 11.4 Å². The van der Waals surface area contributed by atoms with E-state index >= 15 is 0 Å². The molecule has 2 saturated heterocycles. The van der Waals surface area contributed by atoms with Crippen LogP contribution in [0.5, 0.6) is 0 Å². The molecular weight excluding hydrogens is 508 g/mol. The Bertz CT molecular complexity index is 1470. The van der Waals surface area contributed by atoms with Gasteiger partial charge in [-0.3, -0.25) is 14.9 Å². The van der Waals surface area contributed by atoms with Crippen LogP contribution >= 0.6 is 11.3 Å². The van der Waals surface area contributed by atoms with Crippen molar-refractivity contribution >= 4 is 45.1 Å². The zero-order chi connectivity index (χ0) is 26.8. The molecule has 2 aromatic heterocycles. The number of aromatic nitrogens is 2. The average molecular weight is 541 g/mol. The van der Waals surface area contributed by atoms with E-state index < -0.39 is 0 Å². The molecule has 9 heteroatoms. The highest BCUT2D eigenvalue weighted by atomic mass is 32.1. The van der Waals surface area contributed by atoms with E-state index in [4.69, 9.17) is 4.98 Å². The number of carbonyl (C=O) groups is 2. The fourth-order valence-electron chi connectivity index (χ4n) is 5.27. The minimum absolute atomic E-state index is 0.0444.